The van der Waals surface area contributed by atoms with Gasteiger partial charge in [-0.3, -0.25) is 4.79 Å². The van der Waals surface area contributed by atoms with Gasteiger partial charge in [0.1, 0.15) is 17.8 Å². The molecule has 7 nitrogen and oxygen atoms in total. The van der Waals surface area contributed by atoms with Crippen LogP contribution < -0.4 is 0 Å². The maximum Gasteiger partial charge on any atom is 0.338 e. The molecule has 0 aromatic heterocycles. The Balaban J connectivity index is 1.61. The Morgan fingerprint density at radius 3 is 2.46 bits per heavy atom. The van der Waals surface area contributed by atoms with Crippen molar-refractivity contribution in [3.8, 4) is 0 Å². The number of cyclic esters (lactones) is 1. The highest BCUT2D eigenvalue weighted by atomic mass is 16.6. The van der Waals surface area contributed by atoms with Crippen LogP contribution in [0.25, 0.3) is 0 Å². The van der Waals surface area contributed by atoms with Crippen molar-refractivity contribution in [1.29, 1.82) is 0 Å². The van der Waals surface area contributed by atoms with Gasteiger partial charge in [0, 0.05) is 11.8 Å². The number of esters is 2. The third-order valence-corrected chi connectivity index (χ3v) is 11.9. The van der Waals surface area contributed by atoms with E-state index < -0.39 is 35.3 Å². The molecule has 3 N–H and O–H groups in total. The minimum atomic E-state index is -1.72. The van der Waals surface area contributed by atoms with E-state index in [9.17, 15) is 24.9 Å². The molecule has 0 radical (unpaired) electrons. The van der Waals surface area contributed by atoms with Crippen molar-refractivity contribution in [3.63, 3.8) is 0 Å². The molecular weight excluding hydrogens is 520 g/mol. The van der Waals surface area contributed by atoms with Gasteiger partial charge in [-0.1, -0.05) is 54.5 Å². The molecule has 0 amide bonds. The van der Waals surface area contributed by atoms with Gasteiger partial charge in [-0.15, -0.1) is 0 Å². The van der Waals surface area contributed by atoms with Crippen LogP contribution in [-0.2, 0) is 19.1 Å². The molecule has 13 atom stereocenters. The van der Waals surface area contributed by atoms with Crippen molar-refractivity contribution >= 4 is 11.9 Å². The number of rotatable bonds is 7. The number of carbonyl (C=O) groups excluding carboxylic acids is 2. The molecule has 0 aromatic rings. The van der Waals surface area contributed by atoms with E-state index in [2.05, 4.69) is 48.1 Å². The monoisotopic (exact) mass is 576 g/mol. The summed E-state index contributed by atoms with van der Waals surface area (Å²) in [6.45, 7) is 21.1. The first kappa shape index (κ1) is 32.5. The second kappa shape index (κ2) is 11.6. The molecule has 4 fully saturated rings. The Kier molecular flexibility index (Phi) is 9.17. The summed E-state index contributed by atoms with van der Waals surface area (Å²) in [5.41, 5.74) is -2.29. The highest BCUT2D eigenvalue weighted by Crippen LogP contribution is 2.64. The third-order valence-electron chi connectivity index (χ3n) is 11.9. The van der Waals surface area contributed by atoms with E-state index in [1.54, 1.807) is 13.8 Å². The van der Waals surface area contributed by atoms with Crippen LogP contribution in [0, 0.1) is 52.8 Å². The lowest BCUT2D eigenvalue weighted by atomic mass is 9.51. The molecule has 0 aromatic carbocycles. The predicted molar refractivity (Wildman–Crippen MR) is 157 cm³/mol. The molecule has 41 heavy (non-hydrogen) atoms. The largest absolute Gasteiger partial charge is 0.462 e. The molecule has 7 heteroatoms. The van der Waals surface area contributed by atoms with Gasteiger partial charge in [0.2, 0.25) is 0 Å². The molecule has 3 unspecified atom stereocenters. The molecule has 1 heterocycles. The number of aliphatic hydroxyl groups is 3. The summed E-state index contributed by atoms with van der Waals surface area (Å²) in [6.07, 6.45) is 3.11. The van der Waals surface area contributed by atoms with Crippen molar-refractivity contribution in [2.75, 3.05) is 0 Å². The lowest BCUT2D eigenvalue weighted by Crippen LogP contribution is -2.64. The van der Waals surface area contributed by atoms with Gasteiger partial charge < -0.3 is 24.8 Å². The molecule has 1 saturated heterocycles. The summed E-state index contributed by atoms with van der Waals surface area (Å²) in [5.74, 6) is -0.0124. The van der Waals surface area contributed by atoms with Crippen LogP contribution in [0.5, 0.6) is 0 Å². The maximum absolute atomic E-state index is 13.2. The number of aliphatic hydroxyl groups excluding tert-OH is 1. The minimum absolute atomic E-state index is 0.0142. The highest BCUT2D eigenvalue weighted by molar-refractivity contribution is 5.78. The standard InChI is InChI=1S/C34H56O7/c1-10-19(4)14-33(9,38)17-28(35)41-27-16-32(8)15-24-20(5)11-12-25-22(7)40-31(37)30(36)34(25,39)21(6)23(24)13-26(32)29(27)18(2)3/h18-20,22-27,29-30,36,38-39H,6,10-17H2,1-5,7-9H3/t19?,20?,22-,23+,24-,25-,26-,27+,29+,30+,32-,33?,34+/m0/s1. The highest BCUT2D eigenvalue weighted by Gasteiger charge is 2.63. The summed E-state index contributed by atoms with van der Waals surface area (Å²) in [5, 5.41) is 34.0. The van der Waals surface area contributed by atoms with Crippen molar-refractivity contribution in [2.45, 2.75) is 136 Å². The van der Waals surface area contributed by atoms with Gasteiger partial charge >= 0.3 is 11.9 Å². The summed E-state index contributed by atoms with van der Waals surface area (Å²) < 4.78 is 11.7. The molecule has 234 valence electrons. The van der Waals surface area contributed by atoms with E-state index in [1.807, 2.05) is 0 Å². The molecule has 1 aliphatic heterocycles. The maximum atomic E-state index is 13.2. The molecule has 3 aliphatic carbocycles. The third kappa shape index (κ3) is 5.89. The zero-order valence-electron chi connectivity index (χ0n) is 26.7. The van der Waals surface area contributed by atoms with Crippen LogP contribution in [0.3, 0.4) is 0 Å². The van der Waals surface area contributed by atoms with E-state index >= 15 is 0 Å². The first-order valence-corrected chi connectivity index (χ1v) is 16.2. The number of carbonyl (C=O) groups is 2. The van der Waals surface area contributed by atoms with Crippen LogP contribution in [0.15, 0.2) is 12.2 Å². The second-order valence-electron chi connectivity index (χ2n) is 15.5. The fraction of sp³-hybridized carbons (Fsp3) is 0.882. The van der Waals surface area contributed by atoms with Crippen LogP contribution >= 0.6 is 0 Å². The first-order valence-electron chi connectivity index (χ1n) is 16.2. The average molecular weight is 577 g/mol. The summed E-state index contributed by atoms with van der Waals surface area (Å²) in [7, 11) is 0. The quantitative estimate of drug-likeness (QED) is 0.273. The summed E-state index contributed by atoms with van der Waals surface area (Å²) in [4.78, 5) is 25.8. The second-order valence-corrected chi connectivity index (χ2v) is 15.5. The smallest absolute Gasteiger partial charge is 0.338 e. The molecule has 0 spiro atoms. The van der Waals surface area contributed by atoms with Crippen LogP contribution in [0.2, 0.25) is 0 Å². The Hall–Kier alpha value is -1.44. The van der Waals surface area contributed by atoms with E-state index in [4.69, 9.17) is 9.47 Å². The predicted octanol–water partition coefficient (Wildman–Crippen LogP) is 5.44. The van der Waals surface area contributed by atoms with E-state index in [1.165, 1.54) is 0 Å². The summed E-state index contributed by atoms with van der Waals surface area (Å²) >= 11 is 0. The van der Waals surface area contributed by atoms with Crippen LogP contribution in [0.1, 0.15) is 107 Å². The number of ether oxygens (including phenoxy) is 2. The van der Waals surface area contributed by atoms with Gasteiger partial charge in [0.05, 0.1) is 12.0 Å². The van der Waals surface area contributed by atoms with Gasteiger partial charge in [-0.2, -0.15) is 0 Å². The van der Waals surface area contributed by atoms with Crippen molar-refractivity contribution in [1.82, 2.24) is 0 Å². The Morgan fingerprint density at radius 2 is 1.85 bits per heavy atom. The number of hydrogen-bond donors (Lipinski definition) is 3. The van der Waals surface area contributed by atoms with Crippen molar-refractivity contribution in [3.05, 3.63) is 12.2 Å². The molecule has 0 bridgehead atoms. The normalized spacial score (nSPS) is 44.9. The SMILES string of the molecule is C=C1[C@H]2C[C@H]3[C@@H](C(C)C)[C@H](OC(=O)CC(C)(O)CC(C)CC)C[C@]3(C)C[C@H]2C(C)CC[C@H]2[C@H](C)OC(=O)[C@@H](O)[C@@]12O. The average Bonchev–Trinajstić information content (AvgIpc) is 3.15. The van der Waals surface area contributed by atoms with Crippen molar-refractivity contribution in [2.24, 2.45) is 52.8 Å². The first-order chi connectivity index (χ1) is 18.9. The zero-order valence-corrected chi connectivity index (χ0v) is 26.7. The van der Waals surface area contributed by atoms with Gasteiger partial charge in [-0.25, -0.2) is 4.79 Å². The molecular formula is C34H56O7. The Morgan fingerprint density at radius 1 is 1.20 bits per heavy atom. The summed E-state index contributed by atoms with van der Waals surface area (Å²) in [6, 6.07) is 0. The number of fused-ring (bicyclic) bond motifs is 3. The lowest BCUT2D eigenvalue weighted by molar-refractivity contribution is -0.212. The molecule has 4 aliphatic rings. The fourth-order valence-electron chi connectivity index (χ4n) is 9.67. The lowest BCUT2D eigenvalue weighted by Gasteiger charge is -2.56. The molecule has 4 rings (SSSR count). The van der Waals surface area contributed by atoms with Gasteiger partial charge in [-0.05, 0) is 98.9 Å². The Bertz CT molecular complexity index is 1010. The van der Waals surface area contributed by atoms with E-state index in [-0.39, 0.29) is 53.5 Å². The molecule has 3 saturated carbocycles. The van der Waals surface area contributed by atoms with Gasteiger partial charge in [0.25, 0.3) is 0 Å². The van der Waals surface area contributed by atoms with Crippen LogP contribution in [0.4, 0.5) is 0 Å². The van der Waals surface area contributed by atoms with E-state index in [0.717, 1.165) is 32.1 Å². The van der Waals surface area contributed by atoms with E-state index in [0.29, 0.717) is 30.3 Å². The minimum Gasteiger partial charge on any atom is -0.462 e. The fourth-order valence-corrected chi connectivity index (χ4v) is 9.67. The zero-order chi connectivity index (χ0) is 30.7. The van der Waals surface area contributed by atoms with Gasteiger partial charge in [0.15, 0.2) is 6.10 Å². The number of hydrogen-bond acceptors (Lipinski definition) is 7. The van der Waals surface area contributed by atoms with Crippen LogP contribution in [-0.4, -0.2) is 56.8 Å². The Labute approximate surface area is 247 Å². The topological polar surface area (TPSA) is 113 Å². The van der Waals surface area contributed by atoms with Crippen molar-refractivity contribution < 1.29 is 34.4 Å².